The van der Waals surface area contributed by atoms with Crippen molar-refractivity contribution in [3.05, 3.63) is 54.6 Å². The summed E-state index contributed by atoms with van der Waals surface area (Å²) in [5, 5.41) is 4.98. The first-order chi connectivity index (χ1) is 8.06. The summed E-state index contributed by atoms with van der Waals surface area (Å²) >= 11 is 0. The van der Waals surface area contributed by atoms with Crippen molar-refractivity contribution >= 4 is 15.9 Å². The highest BCUT2D eigenvalue weighted by Crippen LogP contribution is 2.27. The van der Waals surface area contributed by atoms with Gasteiger partial charge in [0.1, 0.15) is 0 Å². The highest BCUT2D eigenvalue weighted by molar-refractivity contribution is 7.90. The molecular formula is C12H12N2O2S. The summed E-state index contributed by atoms with van der Waals surface area (Å²) < 4.78 is 24.4. The number of rotatable bonds is 3. The second kappa shape index (κ2) is 4.57. The van der Waals surface area contributed by atoms with Crippen molar-refractivity contribution in [2.24, 2.45) is 5.14 Å². The molecule has 0 atom stereocenters. The van der Waals surface area contributed by atoms with Crippen LogP contribution in [-0.4, -0.2) is 8.42 Å². The molecule has 0 radical (unpaired) electrons. The van der Waals surface area contributed by atoms with E-state index in [1.807, 2.05) is 42.5 Å². The Kier molecular flexibility index (Phi) is 3.12. The molecule has 0 fully saturated rings. The maximum atomic E-state index is 11.1. The Labute approximate surface area is 100 Å². The lowest BCUT2D eigenvalue weighted by molar-refractivity contribution is 0.603. The third-order valence-corrected chi connectivity index (χ3v) is 2.77. The van der Waals surface area contributed by atoms with Crippen LogP contribution in [-0.2, 0) is 10.2 Å². The minimum Gasteiger partial charge on any atom is -0.271 e. The summed E-state index contributed by atoms with van der Waals surface area (Å²) in [7, 11) is -3.76. The molecule has 0 spiro atoms. The SMILES string of the molecule is NS(=O)(=O)Nc1ccccc1-c1ccccc1. The Bertz CT molecular complexity index is 609. The van der Waals surface area contributed by atoms with Gasteiger partial charge in [-0.2, -0.15) is 8.42 Å². The second-order valence-corrected chi connectivity index (χ2v) is 4.85. The summed E-state index contributed by atoms with van der Waals surface area (Å²) in [6.45, 7) is 0. The predicted molar refractivity (Wildman–Crippen MR) is 68.6 cm³/mol. The summed E-state index contributed by atoms with van der Waals surface area (Å²) in [6, 6.07) is 16.6. The third kappa shape index (κ3) is 3.05. The monoisotopic (exact) mass is 248 g/mol. The zero-order chi connectivity index (χ0) is 12.3. The molecule has 0 unspecified atom stereocenters. The first kappa shape index (κ1) is 11.6. The average Bonchev–Trinajstić information content (AvgIpc) is 2.29. The molecule has 88 valence electrons. The number of hydrogen-bond acceptors (Lipinski definition) is 2. The van der Waals surface area contributed by atoms with Gasteiger partial charge in [0.25, 0.3) is 10.2 Å². The molecule has 17 heavy (non-hydrogen) atoms. The molecule has 2 aromatic rings. The van der Waals surface area contributed by atoms with Gasteiger partial charge in [-0.15, -0.1) is 0 Å². The van der Waals surface area contributed by atoms with E-state index in [9.17, 15) is 8.42 Å². The molecule has 2 rings (SSSR count). The van der Waals surface area contributed by atoms with Crippen molar-refractivity contribution in [2.75, 3.05) is 4.72 Å². The summed E-state index contributed by atoms with van der Waals surface area (Å²) in [6.07, 6.45) is 0. The molecule has 0 aliphatic heterocycles. The number of nitrogens with one attached hydrogen (secondary N) is 1. The lowest BCUT2D eigenvalue weighted by Crippen LogP contribution is -2.22. The van der Waals surface area contributed by atoms with Crippen LogP contribution in [0.4, 0.5) is 5.69 Å². The lowest BCUT2D eigenvalue weighted by Gasteiger charge is -2.10. The van der Waals surface area contributed by atoms with E-state index in [0.717, 1.165) is 11.1 Å². The van der Waals surface area contributed by atoms with E-state index >= 15 is 0 Å². The topological polar surface area (TPSA) is 72.2 Å². The van der Waals surface area contributed by atoms with Crippen molar-refractivity contribution in [2.45, 2.75) is 0 Å². The predicted octanol–water partition coefficient (Wildman–Crippen LogP) is 1.97. The highest BCUT2D eigenvalue weighted by Gasteiger charge is 2.08. The normalized spacial score (nSPS) is 11.1. The second-order valence-electron chi connectivity index (χ2n) is 3.56. The molecule has 3 N–H and O–H groups in total. The molecular weight excluding hydrogens is 236 g/mol. The van der Waals surface area contributed by atoms with Crippen LogP contribution in [0.25, 0.3) is 11.1 Å². The maximum Gasteiger partial charge on any atom is 0.296 e. The minimum absolute atomic E-state index is 0.473. The van der Waals surface area contributed by atoms with Gasteiger partial charge in [-0.25, -0.2) is 5.14 Å². The standard InChI is InChI=1S/C12H12N2O2S/c13-17(15,16)14-12-9-5-4-8-11(12)10-6-2-1-3-7-10/h1-9,14H,(H2,13,15,16). The lowest BCUT2D eigenvalue weighted by atomic mass is 10.0. The molecule has 0 heterocycles. The Morgan fingerprint density at radius 2 is 1.47 bits per heavy atom. The van der Waals surface area contributed by atoms with Crippen molar-refractivity contribution in [1.29, 1.82) is 0 Å². The van der Waals surface area contributed by atoms with Crippen LogP contribution in [0.2, 0.25) is 0 Å². The van der Waals surface area contributed by atoms with Gasteiger partial charge >= 0.3 is 0 Å². The van der Waals surface area contributed by atoms with Gasteiger partial charge in [0, 0.05) is 5.56 Å². The van der Waals surface area contributed by atoms with E-state index < -0.39 is 10.2 Å². The number of para-hydroxylation sites is 1. The Morgan fingerprint density at radius 1 is 0.882 bits per heavy atom. The molecule has 0 aromatic heterocycles. The number of anilines is 1. The van der Waals surface area contributed by atoms with Gasteiger partial charge in [-0.3, -0.25) is 4.72 Å². The molecule has 0 bridgehead atoms. The average molecular weight is 248 g/mol. The van der Waals surface area contributed by atoms with E-state index in [0.29, 0.717) is 5.69 Å². The fourth-order valence-corrected chi connectivity index (χ4v) is 2.08. The molecule has 0 aliphatic carbocycles. The van der Waals surface area contributed by atoms with Gasteiger partial charge in [-0.1, -0.05) is 48.5 Å². The zero-order valence-corrected chi connectivity index (χ0v) is 9.81. The number of benzene rings is 2. The molecule has 0 amide bonds. The van der Waals surface area contributed by atoms with Crippen LogP contribution in [0.15, 0.2) is 54.6 Å². The minimum atomic E-state index is -3.76. The van der Waals surface area contributed by atoms with E-state index in [1.165, 1.54) is 0 Å². The summed E-state index contributed by atoms with van der Waals surface area (Å²) in [5.41, 5.74) is 2.20. The van der Waals surface area contributed by atoms with Crippen molar-refractivity contribution in [3.8, 4) is 11.1 Å². The summed E-state index contributed by atoms with van der Waals surface area (Å²) in [4.78, 5) is 0. The van der Waals surface area contributed by atoms with Crippen molar-refractivity contribution in [3.63, 3.8) is 0 Å². The Morgan fingerprint density at radius 3 is 2.12 bits per heavy atom. The fraction of sp³-hybridized carbons (Fsp3) is 0. The van der Waals surface area contributed by atoms with E-state index in [1.54, 1.807) is 12.1 Å². The van der Waals surface area contributed by atoms with Crippen LogP contribution in [0.3, 0.4) is 0 Å². The fourth-order valence-electron chi connectivity index (χ4n) is 1.59. The van der Waals surface area contributed by atoms with Crippen LogP contribution in [0.5, 0.6) is 0 Å². The molecule has 0 saturated carbocycles. The van der Waals surface area contributed by atoms with Gasteiger partial charge < -0.3 is 0 Å². The molecule has 0 aliphatic rings. The highest BCUT2D eigenvalue weighted by atomic mass is 32.2. The zero-order valence-electron chi connectivity index (χ0n) is 9.00. The third-order valence-electron chi connectivity index (χ3n) is 2.26. The maximum absolute atomic E-state index is 11.1. The van der Waals surface area contributed by atoms with Crippen LogP contribution in [0.1, 0.15) is 0 Å². The first-order valence-electron chi connectivity index (χ1n) is 5.01. The Balaban J connectivity index is 2.49. The van der Waals surface area contributed by atoms with E-state index in [4.69, 9.17) is 5.14 Å². The van der Waals surface area contributed by atoms with E-state index in [-0.39, 0.29) is 0 Å². The van der Waals surface area contributed by atoms with Gasteiger partial charge in [0.05, 0.1) is 5.69 Å². The van der Waals surface area contributed by atoms with Crippen molar-refractivity contribution in [1.82, 2.24) is 0 Å². The Hall–Kier alpha value is -1.85. The van der Waals surface area contributed by atoms with Crippen LogP contribution < -0.4 is 9.86 Å². The first-order valence-corrected chi connectivity index (χ1v) is 6.56. The number of nitrogens with two attached hydrogens (primary N) is 1. The quantitative estimate of drug-likeness (QED) is 0.871. The van der Waals surface area contributed by atoms with Crippen LogP contribution >= 0.6 is 0 Å². The molecule has 0 saturated heterocycles. The van der Waals surface area contributed by atoms with Gasteiger partial charge in [-0.05, 0) is 11.6 Å². The van der Waals surface area contributed by atoms with E-state index in [2.05, 4.69) is 4.72 Å². The summed E-state index contributed by atoms with van der Waals surface area (Å²) in [5.74, 6) is 0. The van der Waals surface area contributed by atoms with Crippen LogP contribution in [0, 0.1) is 0 Å². The largest absolute Gasteiger partial charge is 0.296 e. The molecule has 4 nitrogen and oxygen atoms in total. The number of hydrogen-bond donors (Lipinski definition) is 2. The van der Waals surface area contributed by atoms with Crippen molar-refractivity contribution < 1.29 is 8.42 Å². The molecule has 2 aromatic carbocycles. The smallest absolute Gasteiger partial charge is 0.271 e. The van der Waals surface area contributed by atoms with Gasteiger partial charge in [0.2, 0.25) is 0 Å². The van der Waals surface area contributed by atoms with Gasteiger partial charge in [0.15, 0.2) is 0 Å². The molecule has 5 heteroatoms.